The van der Waals surface area contributed by atoms with Crippen LogP contribution < -0.4 is 0 Å². The molecule has 34 heavy (non-hydrogen) atoms. The van der Waals surface area contributed by atoms with E-state index < -0.39 is 51.9 Å². The third-order valence-corrected chi connectivity index (χ3v) is 9.99. The van der Waals surface area contributed by atoms with Gasteiger partial charge in [-0.25, -0.2) is 0 Å². The molecule has 2 saturated carbocycles. The van der Waals surface area contributed by atoms with Crippen molar-refractivity contribution in [3.63, 3.8) is 0 Å². The standard InChI is InChI=1S/C27H42O7/c1-23(2,32)9-8-22(31)26(5,33)21-7-6-15-16-12-18(28)17-13-19(29)20(30)14-25(17,4)27(16,34)11-10-24(15,21)3/h6,12,17,19-22,29-34H,7-11,13-14H2,1-5H3/t17-,19+,20-,21-,22?,24-,25-,26+,27+/m0/s1. The molecule has 4 aliphatic carbocycles. The van der Waals surface area contributed by atoms with Gasteiger partial charge < -0.3 is 30.6 Å². The number of carbonyl (C=O) groups excluding carboxylic acids is 1. The minimum Gasteiger partial charge on any atom is -0.390 e. The number of hydrogen-bond donors (Lipinski definition) is 6. The molecule has 2 fully saturated rings. The molecule has 0 heterocycles. The maximum atomic E-state index is 13.2. The average molecular weight is 479 g/mol. The molecule has 1 unspecified atom stereocenters. The molecular weight excluding hydrogens is 436 g/mol. The second-order valence-electron chi connectivity index (χ2n) is 12.8. The van der Waals surface area contributed by atoms with Gasteiger partial charge in [0, 0.05) is 17.3 Å². The van der Waals surface area contributed by atoms with Crippen molar-refractivity contribution in [2.45, 2.75) is 115 Å². The van der Waals surface area contributed by atoms with Gasteiger partial charge in [0.2, 0.25) is 0 Å². The van der Waals surface area contributed by atoms with Crippen LogP contribution in [0.25, 0.3) is 0 Å². The van der Waals surface area contributed by atoms with E-state index in [0.717, 1.165) is 5.57 Å². The van der Waals surface area contributed by atoms with Gasteiger partial charge in [-0.1, -0.05) is 19.9 Å². The number of allylic oxidation sites excluding steroid dienone is 2. The van der Waals surface area contributed by atoms with Gasteiger partial charge in [-0.15, -0.1) is 0 Å². The third kappa shape index (κ3) is 3.66. The molecule has 0 aromatic rings. The molecule has 0 spiro atoms. The Labute approximate surface area is 202 Å². The van der Waals surface area contributed by atoms with E-state index in [0.29, 0.717) is 31.3 Å². The molecule has 0 amide bonds. The Morgan fingerprint density at radius 3 is 2.35 bits per heavy atom. The molecule has 9 atom stereocenters. The Balaban J connectivity index is 1.67. The van der Waals surface area contributed by atoms with Crippen LogP contribution in [0.15, 0.2) is 23.3 Å². The summed E-state index contributed by atoms with van der Waals surface area (Å²) < 4.78 is 0. The van der Waals surface area contributed by atoms with Gasteiger partial charge >= 0.3 is 0 Å². The molecule has 0 saturated heterocycles. The zero-order chi connectivity index (χ0) is 25.5. The van der Waals surface area contributed by atoms with Gasteiger partial charge in [0.15, 0.2) is 5.78 Å². The van der Waals surface area contributed by atoms with E-state index in [1.807, 2.05) is 19.9 Å². The van der Waals surface area contributed by atoms with Crippen LogP contribution in [0.1, 0.15) is 79.6 Å². The van der Waals surface area contributed by atoms with E-state index in [2.05, 4.69) is 0 Å². The van der Waals surface area contributed by atoms with Crippen LogP contribution >= 0.6 is 0 Å². The van der Waals surface area contributed by atoms with E-state index in [1.165, 1.54) is 6.08 Å². The summed E-state index contributed by atoms with van der Waals surface area (Å²) >= 11 is 0. The second kappa shape index (κ2) is 7.95. The minimum atomic E-state index is -1.43. The highest BCUT2D eigenvalue weighted by atomic mass is 16.3. The smallest absolute Gasteiger partial charge is 0.159 e. The number of carbonyl (C=O) groups is 1. The molecule has 0 aliphatic heterocycles. The van der Waals surface area contributed by atoms with E-state index in [-0.39, 0.29) is 31.0 Å². The maximum absolute atomic E-state index is 13.2. The van der Waals surface area contributed by atoms with Crippen LogP contribution in [-0.4, -0.2) is 71.5 Å². The topological polar surface area (TPSA) is 138 Å². The summed E-state index contributed by atoms with van der Waals surface area (Å²) in [6.45, 7) is 8.88. The fraction of sp³-hybridized carbons (Fsp3) is 0.815. The molecule has 4 rings (SSSR count). The Morgan fingerprint density at radius 2 is 1.74 bits per heavy atom. The Bertz CT molecular complexity index is 914. The number of hydrogen-bond acceptors (Lipinski definition) is 7. The van der Waals surface area contributed by atoms with E-state index >= 15 is 0 Å². The van der Waals surface area contributed by atoms with E-state index in [4.69, 9.17) is 0 Å². The van der Waals surface area contributed by atoms with Crippen molar-refractivity contribution in [1.82, 2.24) is 0 Å². The van der Waals surface area contributed by atoms with Crippen LogP contribution in [-0.2, 0) is 4.79 Å². The van der Waals surface area contributed by atoms with Gasteiger partial charge in [-0.3, -0.25) is 4.79 Å². The van der Waals surface area contributed by atoms with Crippen molar-refractivity contribution in [2.75, 3.05) is 0 Å². The lowest BCUT2D eigenvalue weighted by atomic mass is 9.45. The highest BCUT2D eigenvalue weighted by Crippen LogP contribution is 2.66. The molecule has 4 aliphatic rings. The van der Waals surface area contributed by atoms with Crippen molar-refractivity contribution in [2.24, 2.45) is 22.7 Å². The summed E-state index contributed by atoms with van der Waals surface area (Å²) in [4.78, 5) is 13.2. The molecular formula is C27H42O7. The number of aliphatic hydroxyl groups excluding tert-OH is 3. The summed E-state index contributed by atoms with van der Waals surface area (Å²) in [6, 6.07) is 0. The van der Waals surface area contributed by atoms with Gasteiger partial charge in [0.1, 0.15) is 0 Å². The lowest BCUT2D eigenvalue weighted by molar-refractivity contribution is -0.180. The lowest BCUT2D eigenvalue weighted by Gasteiger charge is -2.61. The molecule has 7 nitrogen and oxygen atoms in total. The molecule has 6 N–H and O–H groups in total. The zero-order valence-corrected chi connectivity index (χ0v) is 21.1. The molecule has 192 valence electrons. The normalized spacial score (nSPS) is 44.9. The predicted octanol–water partition coefficient (Wildman–Crippen LogP) is 1.77. The monoisotopic (exact) mass is 478 g/mol. The SMILES string of the molecule is CC(C)(O)CCC(O)[C@](C)(O)[C@H]1CC=C2C3=CC(=O)[C@@H]4C[C@@H](O)[C@@H](O)C[C@]4(C)[C@@]3(O)CC[C@@]21C. The summed E-state index contributed by atoms with van der Waals surface area (Å²) in [7, 11) is 0. The number of ketones is 1. The summed E-state index contributed by atoms with van der Waals surface area (Å²) in [5.74, 6) is -1.02. The second-order valence-corrected chi connectivity index (χ2v) is 12.8. The van der Waals surface area contributed by atoms with Gasteiger partial charge in [-0.05, 0) is 88.4 Å². The van der Waals surface area contributed by atoms with Gasteiger partial charge in [0.25, 0.3) is 0 Å². The fourth-order valence-electron chi connectivity index (χ4n) is 7.63. The van der Waals surface area contributed by atoms with Crippen molar-refractivity contribution < 1.29 is 35.4 Å². The zero-order valence-electron chi connectivity index (χ0n) is 21.1. The van der Waals surface area contributed by atoms with Crippen molar-refractivity contribution in [3.05, 3.63) is 23.3 Å². The van der Waals surface area contributed by atoms with Crippen LogP contribution in [0.5, 0.6) is 0 Å². The first-order valence-electron chi connectivity index (χ1n) is 12.7. The van der Waals surface area contributed by atoms with E-state index in [1.54, 1.807) is 20.8 Å². The first-order valence-corrected chi connectivity index (χ1v) is 12.7. The first kappa shape index (κ1) is 26.0. The number of aliphatic hydroxyl groups is 6. The fourth-order valence-corrected chi connectivity index (χ4v) is 7.63. The van der Waals surface area contributed by atoms with Crippen LogP contribution in [0.4, 0.5) is 0 Å². The largest absolute Gasteiger partial charge is 0.390 e. The van der Waals surface area contributed by atoms with E-state index in [9.17, 15) is 35.4 Å². The van der Waals surface area contributed by atoms with Crippen LogP contribution in [0, 0.1) is 22.7 Å². The van der Waals surface area contributed by atoms with Crippen LogP contribution in [0.3, 0.4) is 0 Å². The Hall–Kier alpha value is -1.09. The van der Waals surface area contributed by atoms with Gasteiger partial charge in [0.05, 0.1) is 35.1 Å². The molecule has 0 radical (unpaired) electrons. The quantitative estimate of drug-likeness (QED) is 0.354. The number of fused-ring (bicyclic) bond motifs is 5. The predicted molar refractivity (Wildman–Crippen MR) is 127 cm³/mol. The lowest BCUT2D eigenvalue weighted by Crippen LogP contribution is -2.64. The Morgan fingerprint density at radius 1 is 1.09 bits per heavy atom. The molecule has 0 aromatic heterocycles. The maximum Gasteiger partial charge on any atom is 0.159 e. The third-order valence-electron chi connectivity index (χ3n) is 9.99. The molecule has 0 aromatic carbocycles. The van der Waals surface area contributed by atoms with Crippen molar-refractivity contribution >= 4 is 5.78 Å². The summed E-state index contributed by atoms with van der Waals surface area (Å²) in [6.07, 6.45) is 2.80. The molecule has 7 heteroatoms. The van der Waals surface area contributed by atoms with Crippen molar-refractivity contribution in [3.8, 4) is 0 Å². The highest BCUT2D eigenvalue weighted by molar-refractivity contribution is 5.96. The molecule has 0 bridgehead atoms. The van der Waals surface area contributed by atoms with Gasteiger partial charge in [-0.2, -0.15) is 0 Å². The highest BCUT2D eigenvalue weighted by Gasteiger charge is 2.66. The minimum absolute atomic E-state index is 0.129. The van der Waals surface area contributed by atoms with Crippen molar-refractivity contribution in [1.29, 1.82) is 0 Å². The first-order chi connectivity index (χ1) is 15.5. The number of rotatable bonds is 5. The summed E-state index contributed by atoms with van der Waals surface area (Å²) in [5.41, 5.74) is -3.73. The van der Waals surface area contributed by atoms with Crippen LogP contribution in [0.2, 0.25) is 0 Å². The average Bonchev–Trinajstić information content (AvgIpc) is 3.08. The summed E-state index contributed by atoms with van der Waals surface area (Å²) in [5, 5.41) is 65.3. The Kier molecular flexibility index (Phi) is 6.08.